The summed E-state index contributed by atoms with van der Waals surface area (Å²) in [5.41, 5.74) is 1.84. The summed E-state index contributed by atoms with van der Waals surface area (Å²) >= 11 is 0. The lowest BCUT2D eigenvalue weighted by molar-refractivity contribution is -0.384. The topological polar surface area (TPSA) is 157 Å². The minimum Gasteiger partial charge on any atom is -0.490 e. The van der Waals surface area contributed by atoms with Crippen molar-refractivity contribution in [1.29, 1.82) is 0 Å². The number of aromatic carboxylic acids is 1. The SMILES string of the molecule is CC(=O)NC1CCC(Oc2ccc(Oc3ccc(CC(=O)Nc4ccc([N+](=O)[O-])cc4C(=O)O)cc3)c(C)c2C)CC1. The predicted octanol–water partition coefficient (Wildman–Crippen LogP) is 5.71. The van der Waals surface area contributed by atoms with Crippen LogP contribution in [-0.4, -0.2) is 40.0 Å². The number of carboxylic acid groups (broad SMARTS) is 1. The molecule has 0 saturated heterocycles. The quantitative estimate of drug-likeness (QED) is 0.205. The van der Waals surface area contributed by atoms with Gasteiger partial charge in [0, 0.05) is 25.1 Å². The molecule has 11 heteroatoms. The molecular formula is C31H33N3O8. The number of ether oxygens (including phenoxy) is 2. The van der Waals surface area contributed by atoms with E-state index in [4.69, 9.17) is 9.47 Å². The molecule has 2 amide bonds. The largest absolute Gasteiger partial charge is 0.490 e. The number of anilines is 1. The van der Waals surface area contributed by atoms with Crippen LogP contribution in [0.3, 0.4) is 0 Å². The fourth-order valence-corrected chi connectivity index (χ4v) is 4.92. The van der Waals surface area contributed by atoms with Gasteiger partial charge >= 0.3 is 5.97 Å². The number of carboxylic acids is 1. The molecule has 0 aromatic heterocycles. The van der Waals surface area contributed by atoms with Crippen molar-refractivity contribution in [1.82, 2.24) is 5.32 Å². The number of carbonyl (C=O) groups excluding carboxylic acids is 2. The second-order valence-corrected chi connectivity index (χ2v) is 10.4. The van der Waals surface area contributed by atoms with E-state index < -0.39 is 16.8 Å². The molecule has 1 saturated carbocycles. The first-order valence-corrected chi connectivity index (χ1v) is 13.6. The van der Waals surface area contributed by atoms with Crippen molar-refractivity contribution >= 4 is 29.2 Å². The van der Waals surface area contributed by atoms with Gasteiger partial charge in [0.2, 0.25) is 11.8 Å². The number of carbonyl (C=O) groups is 3. The number of nitro benzene ring substituents is 1. The van der Waals surface area contributed by atoms with E-state index in [1.165, 1.54) is 13.0 Å². The van der Waals surface area contributed by atoms with Crippen molar-refractivity contribution in [3.63, 3.8) is 0 Å². The Morgan fingerprint density at radius 3 is 2.21 bits per heavy atom. The van der Waals surface area contributed by atoms with Crippen molar-refractivity contribution in [2.24, 2.45) is 0 Å². The van der Waals surface area contributed by atoms with Gasteiger partial charge in [-0.15, -0.1) is 0 Å². The van der Waals surface area contributed by atoms with E-state index in [-0.39, 0.29) is 41.4 Å². The van der Waals surface area contributed by atoms with E-state index in [0.717, 1.165) is 54.7 Å². The number of amides is 2. The van der Waals surface area contributed by atoms with Crippen LogP contribution < -0.4 is 20.1 Å². The highest BCUT2D eigenvalue weighted by Crippen LogP contribution is 2.34. The fraction of sp³-hybridized carbons (Fsp3) is 0.323. The van der Waals surface area contributed by atoms with Crippen LogP contribution in [0.25, 0.3) is 0 Å². The van der Waals surface area contributed by atoms with Gasteiger partial charge in [0.25, 0.3) is 5.69 Å². The molecule has 0 spiro atoms. The van der Waals surface area contributed by atoms with Crippen molar-refractivity contribution in [3.05, 3.63) is 87.0 Å². The van der Waals surface area contributed by atoms with Crippen LogP contribution >= 0.6 is 0 Å². The fourth-order valence-electron chi connectivity index (χ4n) is 4.92. The van der Waals surface area contributed by atoms with Gasteiger partial charge in [0.05, 0.1) is 28.7 Å². The van der Waals surface area contributed by atoms with Gasteiger partial charge in [0.1, 0.15) is 17.2 Å². The average Bonchev–Trinajstić information content (AvgIpc) is 2.94. The molecule has 0 unspecified atom stereocenters. The van der Waals surface area contributed by atoms with E-state index in [1.807, 2.05) is 26.0 Å². The summed E-state index contributed by atoms with van der Waals surface area (Å²) in [5.74, 6) is 0.215. The van der Waals surface area contributed by atoms with Gasteiger partial charge < -0.3 is 25.2 Å². The van der Waals surface area contributed by atoms with Crippen LogP contribution in [0.15, 0.2) is 54.6 Å². The lowest BCUT2D eigenvalue weighted by Gasteiger charge is -2.30. The summed E-state index contributed by atoms with van der Waals surface area (Å²) in [6, 6.07) is 14.2. The summed E-state index contributed by atoms with van der Waals surface area (Å²) in [6.07, 6.45) is 3.60. The monoisotopic (exact) mass is 575 g/mol. The maximum Gasteiger partial charge on any atom is 0.338 e. The molecular weight excluding hydrogens is 542 g/mol. The molecule has 3 aromatic rings. The van der Waals surface area contributed by atoms with Crippen LogP contribution in [0.4, 0.5) is 11.4 Å². The summed E-state index contributed by atoms with van der Waals surface area (Å²) in [5, 5.41) is 25.8. The van der Waals surface area contributed by atoms with E-state index >= 15 is 0 Å². The zero-order valence-corrected chi connectivity index (χ0v) is 23.6. The number of rotatable bonds is 10. The zero-order valence-electron chi connectivity index (χ0n) is 23.6. The molecule has 4 rings (SSSR count). The molecule has 0 heterocycles. The van der Waals surface area contributed by atoms with Gasteiger partial charge in [-0.2, -0.15) is 0 Å². The third-order valence-electron chi connectivity index (χ3n) is 7.30. The van der Waals surface area contributed by atoms with Crippen LogP contribution in [0.1, 0.15) is 59.7 Å². The van der Waals surface area contributed by atoms with Gasteiger partial charge in [-0.3, -0.25) is 19.7 Å². The number of hydrogen-bond acceptors (Lipinski definition) is 7. The minimum atomic E-state index is -1.38. The second-order valence-electron chi connectivity index (χ2n) is 10.4. The third-order valence-corrected chi connectivity index (χ3v) is 7.30. The highest BCUT2D eigenvalue weighted by atomic mass is 16.6. The lowest BCUT2D eigenvalue weighted by atomic mass is 9.93. The molecule has 0 atom stereocenters. The molecule has 1 fully saturated rings. The first-order chi connectivity index (χ1) is 20.0. The molecule has 0 bridgehead atoms. The Hall–Kier alpha value is -4.93. The standard InChI is InChI=1S/C31H33N3O8/c1-18-19(2)29(42-25-11-6-22(7-12-25)32-20(3)35)15-14-28(18)41-24-9-4-21(5-10-24)16-30(36)33-27-13-8-23(34(39)40)17-26(27)31(37)38/h4-5,8-10,13-15,17,22,25H,6-7,11-12,16H2,1-3H3,(H,32,35)(H,33,36)(H,37,38). The van der Waals surface area contributed by atoms with Crippen molar-refractivity contribution in [2.45, 2.75) is 65.0 Å². The van der Waals surface area contributed by atoms with Gasteiger partial charge in [0.15, 0.2) is 0 Å². The van der Waals surface area contributed by atoms with Crippen LogP contribution in [0, 0.1) is 24.0 Å². The van der Waals surface area contributed by atoms with Crippen LogP contribution in [0.2, 0.25) is 0 Å². The second kappa shape index (κ2) is 13.2. The Labute approximate surface area is 243 Å². The number of hydrogen-bond donors (Lipinski definition) is 3. The van der Waals surface area contributed by atoms with Crippen LogP contribution in [-0.2, 0) is 16.0 Å². The van der Waals surface area contributed by atoms with E-state index in [0.29, 0.717) is 17.1 Å². The molecule has 220 valence electrons. The zero-order chi connectivity index (χ0) is 30.4. The summed E-state index contributed by atoms with van der Waals surface area (Å²) in [6.45, 7) is 5.49. The Morgan fingerprint density at radius 2 is 1.60 bits per heavy atom. The summed E-state index contributed by atoms with van der Waals surface area (Å²) in [4.78, 5) is 45.6. The van der Waals surface area contributed by atoms with Gasteiger partial charge in [-0.1, -0.05) is 12.1 Å². The Morgan fingerprint density at radius 1 is 0.952 bits per heavy atom. The molecule has 3 N–H and O–H groups in total. The molecule has 0 aliphatic heterocycles. The Kier molecular flexibility index (Phi) is 9.41. The Bertz CT molecular complexity index is 1490. The number of nitrogens with zero attached hydrogens (tertiary/aromatic N) is 1. The van der Waals surface area contributed by atoms with Gasteiger partial charge in [-0.05, 0) is 86.6 Å². The first-order valence-electron chi connectivity index (χ1n) is 13.6. The normalized spacial score (nSPS) is 16.3. The molecule has 42 heavy (non-hydrogen) atoms. The summed E-state index contributed by atoms with van der Waals surface area (Å²) < 4.78 is 12.4. The highest BCUT2D eigenvalue weighted by Gasteiger charge is 2.24. The molecule has 0 radical (unpaired) electrons. The first kappa shape index (κ1) is 30.0. The molecule has 1 aliphatic rings. The van der Waals surface area contributed by atoms with E-state index in [9.17, 15) is 29.6 Å². The molecule has 1 aliphatic carbocycles. The van der Waals surface area contributed by atoms with Crippen molar-refractivity contribution < 1.29 is 33.9 Å². The van der Waals surface area contributed by atoms with Crippen molar-refractivity contribution in [2.75, 3.05) is 5.32 Å². The maximum absolute atomic E-state index is 12.6. The number of benzene rings is 3. The van der Waals surface area contributed by atoms with Crippen molar-refractivity contribution in [3.8, 4) is 17.2 Å². The van der Waals surface area contributed by atoms with E-state index in [2.05, 4.69) is 10.6 Å². The minimum absolute atomic E-state index is 0.00248. The third kappa shape index (κ3) is 7.62. The Balaban J connectivity index is 1.34. The number of nitrogens with one attached hydrogen (secondary N) is 2. The van der Waals surface area contributed by atoms with E-state index in [1.54, 1.807) is 24.3 Å². The number of nitro groups is 1. The lowest BCUT2D eigenvalue weighted by Crippen LogP contribution is -2.38. The average molecular weight is 576 g/mol. The number of non-ortho nitro benzene ring substituents is 1. The maximum atomic E-state index is 12.6. The molecule has 3 aromatic carbocycles. The predicted molar refractivity (Wildman–Crippen MR) is 155 cm³/mol. The van der Waals surface area contributed by atoms with Crippen LogP contribution in [0.5, 0.6) is 17.2 Å². The highest BCUT2D eigenvalue weighted by molar-refractivity contribution is 6.01. The smallest absolute Gasteiger partial charge is 0.338 e. The molecule has 11 nitrogen and oxygen atoms in total. The van der Waals surface area contributed by atoms with Gasteiger partial charge in [-0.25, -0.2) is 4.79 Å². The summed E-state index contributed by atoms with van der Waals surface area (Å²) in [7, 11) is 0.